The fraction of sp³-hybridized carbons (Fsp3) is 0.227. The van der Waals surface area contributed by atoms with E-state index in [1.54, 1.807) is 12.3 Å². The second kappa shape index (κ2) is 7.58. The molecule has 5 nitrogen and oxygen atoms in total. The molecular formula is C22H24N4O. The van der Waals surface area contributed by atoms with Crippen molar-refractivity contribution in [2.75, 3.05) is 0 Å². The monoisotopic (exact) mass is 360 g/mol. The number of carbonyl (C=O) groups is 1. The molecule has 0 atom stereocenters. The van der Waals surface area contributed by atoms with Crippen LogP contribution in [0.3, 0.4) is 0 Å². The summed E-state index contributed by atoms with van der Waals surface area (Å²) in [4.78, 5) is 12.2. The van der Waals surface area contributed by atoms with Crippen molar-refractivity contribution in [3.63, 3.8) is 0 Å². The zero-order valence-corrected chi connectivity index (χ0v) is 16.1. The number of aromatic nitrogens is 2. The number of nitrogens with one attached hydrogen (secondary N) is 2. The minimum absolute atomic E-state index is 0.111. The molecular weight excluding hydrogens is 336 g/mol. The van der Waals surface area contributed by atoms with Gasteiger partial charge in [0.25, 0.3) is 5.91 Å². The van der Waals surface area contributed by atoms with Crippen LogP contribution in [-0.4, -0.2) is 22.3 Å². The van der Waals surface area contributed by atoms with Gasteiger partial charge < -0.3 is 0 Å². The molecule has 0 fully saturated rings. The Balaban J connectivity index is 1.62. The van der Waals surface area contributed by atoms with Crippen LogP contribution in [0.15, 0.2) is 59.7 Å². The molecule has 1 aromatic heterocycles. The first kappa shape index (κ1) is 18.6. The van der Waals surface area contributed by atoms with Gasteiger partial charge in [0, 0.05) is 5.56 Å². The van der Waals surface area contributed by atoms with Gasteiger partial charge >= 0.3 is 0 Å². The number of rotatable bonds is 4. The van der Waals surface area contributed by atoms with Crippen molar-refractivity contribution in [1.82, 2.24) is 15.6 Å². The third-order valence-corrected chi connectivity index (χ3v) is 4.33. The number of hydrogen-bond donors (Lipinski definition) is 2. The van der Waals surface area contributed by atoms with E-state index in [0.717, 1.165) is 16.8 Å². The predicted octanol–water partition coefficient (Wildman–Crippen LogP) is 4.45. The summed E-state index contributed by atoms with van der Waals surface area (Å²) in [6.45, 7) is 8.55. The van der Waals surface area contributed by atoms with Crippen molar-refractivity contribution >= 4 is 12.1 Å². The Bertz CT molecular complexity index is 945. The highest BCUT2D eigenvalue weighted by Gasteiger charge is 2.13. The van der Waals surface area contributed by atoms with Crippen molar-refractivity contribution < 1.29 is 4.79 Å². The number of benzene rings is 2. The van der Waals surface area contributed by atoms with Crippen molar-refractivity contribution in [1.29, 1.82) is 0 Å². The lowest BCUT2D eigenvalue weighted by molar-refractivity contribution is 0.0950. The van der Waals surface area contributed by atoms with Gasteiger partial charge in [0.05, 0.1) is 11.9 Å². The number of nitrogens with zero attached hydrogens (tertiary/aromatic N) is 2. The van der Waals surface area contributed by atoms with Crippen LogP contribution in [0, 0.1) is 6.92 Å². The van der Waals surface area contributed by atoms with E-state index >= 15 is 0 Å². The molecule has 0 unspecified atom stereocenters. The van der Waals surface area contributed by atoms with Crippen LogP contribution in [-0.2, 0) is 5.41 Å². The van der Waals surface area contributed by atoms with E-state index in [0.29, 0.717) is 5.69 Å². The molecule has 0 aliphatic carbocycles. The van der Waals surface area contributed by atoms with E-state index in [-0.39, 0.29) is 11.3 Å². The van der Waals surface area contributed by atoms with E-state index in [9.17, 15) is 4.79 Å². The molecule has 3 rings (SSSR count). The summed E-state index contributed by atoms with van der Waals surface area (Å²) >= 11 is 0. The molecule has 27 heavy (non-hydrogen) atoms. The molecule has 0 spiro atoms. The minimum Gasteiger partial charge on any atom is -0.272 e. The largest absolute Gasteiger partial charge is 0.289 e. The topological polar surface area (TPSA) is 70.1 Å². The summed E-state index contributed by atoms with van der Waals surface area (Å²) in [5, 5.41) is 11.0. The first-order valence-electron chi connectivity index (χ1n) is 8.89. The van der Waals surface area contributed by atoms with Crippen molar-refractivity contribution in [2.24, 2.45) is 5.10 Å². The van der Waals surface area contributed by atoms with Gasteiger partial charge in [0.1, 0.15) is 5.69 Å². The molecule has 0 aliphatic heterocycles. The van der Waals surface area contributed by atoms with Crippen LogP contribution in [0.1, 0.15) is 48.0 Å². The molecule has 1 heterocycles. The van der Waals surface area contributed by atoms with E-state index in [4.69, 9.17) is 0 Å². The maximum atomic E-state index is 12.2. The van der Waals surface area contributed by atoms with Gasteiger partial charge in [-0.15, -0.1) is 0 Å². The highest BCUT2D eigenvalue weighted by molar-refractivity contribution is 5.94. The van der Waals surface area contributed by atoms with Crippen LogP contribution in [0.2, 0.25) is 0 Å². The predicted molar refractivity (Wildman–Crippen MR) is 109 cm³/mol. The van der Waals surface area contributed by atoms with Crippen LogP contribution in [0.5, 0.6) is 0 Å². The molecule has 0 radical (unpaired) electrons. The maximum absolute atomic E-state index is 12.2. The number of hydrazone groups is 1. The Labute approximate surface area is 159 Å². The van der Waals surface area contributed by atoms with Crippen LogP contribution < -0.4 is 5.43 Å². The quantitative estimate of drug-likeness (QED) is 0.533. The Morgan fingerprint density at radius 1 is 1.07 bits per heavy atom. The molecule has 0 aliphatic rings. The zero-order chi connectivity index (χ0) is 19.4. The molecule has 2 N–H and O–H groups in total. The molecule has 2 aromatic carbocycles. The van der Waals surface area contributed by atoms with E-state index in [2.05, 4.69) is 53.6 Å². The van der Waals surface area contributed by atoms with Crippen molar-refractivity contribution in [3.05, 3.63) is 77.0 Å². The number of aromatic amines is 1. The Morgan fingerprint density at radius 3 is 2.37 bits per heavy atom. The third kappa shape index (κ3) is 4.70. The molecule has 0 bridgehead atoms. The third-order valence-electron chi connectivity index (χ3n) is 4.33. The maximum Gasteiger partial charge on any atom is 0.289 e. The van der Waals surface area contributed by atoms with Gasteiger partial charge in [-0.3, -0.25) is 9.89 Å². The van der Waals surface area contributed by atoms with Crippen molar-refractivity contribution in [3.8, 4) is 11.3 Å². The standard InChI is InChI=1S/C22H24N4O/c1-15-5-9-17(10-6-15)19-13-20(25-24-19)21(27)26-23-14-16-7-11-18(12-8-16)22(2,3)4/h5-14H,1-4H3,(H,24,25)(H,26,27). The number of H-pyrrole nitrogens is 1. The average molecular weight is 360 g/mol. The zero-order valence-electron chi connectivity index (χ0n) is 16.1. The van der Waals surface area contributed by atoms with Gasteiger partial charge in [0.15, 0.2) is 0 Å². The van der Waals surface area contributed by atoms with Gasteiger partial charge in [0.2, 0.25) is 0 Å². The first-order chi connectivity index (χ1) is 12.8. The molecule has 3 aromatic rings. The number of carbonyl (C=O) groups excluding carboxylic acids is 1. The molecule has 138 valence electrons. The normalized spacial score (nSPS) is 11.7. The van der Waals surface area contributed by atoms with Gasteiger partial charge in [-0.2, -0.15) is 10.2 Å². The number of amides is 1. The minimum atomic E-state index is -0.330. The lowest BCUT2D eigenvalue weighted by Gasteiger charge is -2.18. The number of aryl methyl sites for hydroxylation is 1. The number of hydrogen-bond acceptors (Lipinski definition) is 3. The molecule has 0 saturated carbocycles. The fourth-order valence-corrected chi connectivity index (χ4v) is 2.61. The average Bonchev–Trinajstić information content (AvgIpc) is 3.12. The smallest absolute Gasteiger partial charge is 0.272 e. The summed E-state index contributed by atoms with van der Waals surface area (Å²) in [7, 11) is 0. The fourth-order valence-electron chi connectivity index (χ4n) is 2.61. The second-order valence-electron chi connectivity index (χ2n) is 7.60. The lowest BCUT2D eigenvalue weighted by atomic mass is 9.87. The van der Waals surface area contributed by atoms with Gasteiger partial charge in [-0.25, -0.2) is 5.43 Å². The van der Waals surface area contributed by atoms with Gasteiger partial charge in [-0.1, -0.05) is 74.9 Å². The van der Waals surface area contributed by atoms with Gasteiger partial charge in [-0.05, 0) is 29.5 Å². The summed E-state index contributed by atoms with van der Waals surface area (Å²) in [6, 6.07) is 17.8. The van der Waals surface area contributed by atoms with Crippen molar-refractivity contribution in [2.45, 2.75) is 33.1 Å². The summed E-state index contributed by atoms with van der Waals surface area (Å²) < 4.78 is 0. The first-order valence-corrected chi connectivity index (χ1v) is 8.89. The highest BCUT2D eigenvalue weighted by atomic mass is 16.2. The van der Waals surface area contributed by atoms with E-state index < -0.39 is 0 Å². The summed E-state index contributed by atoms with van der Waals surface area (Å²) in [5.41, 5.74) is 8.04. The second-order valence-corrected chi connectivity index (χ2v) is 7.60. The highest BCUT2D eigenvalue weighted by Crippen LogP contribution is 2.22. The molecule has 1 amide bonds. The van der Waals surface area contributed by atoms with E-state index in [1.165, 1.54) is 11.1 Å². The van der Waals surface area contributed by atoms with Crippen LogP contribution in [0.25, 0.3) is 11.3 Å². The van der Waals surface area contributed by atoms with E-state index in [1.807, 2.05) is 43.3 Å². The summed E-state index contributed by atoms with van der Waals surface area (Å²) in [6.07, 6.45) is 1.63. The Kier molecular flexibility index (Phi) is 5.21. The summed E-state index contributed by atoms with van der Waals surface area (Å²) in [5.74, 6) is -0.330. The SMILES string of the molecule is Cc1ccc(-c2cc(C(=O)NN=Cc3ccc(C(C)(C)C)cc3)[nH]n2)cc1. The lowest BCUT2D eigenvalue weighted by Crippen LogP contribution is -2.18. The Hall–Kier alpha value is -3.21. The Morgan fingerprint density at radius 2 is 1.74 bits per heavy atom. The van der Waals surface area contributed by atoms with Crippen LogP contribution in [0.4, 0.5) is 0 Å². The molecule has 0 saturated heterocycles. The molecule has 5 heteroatoms. The van der Waals surface area contributed by atoms with Crippen LogP contribution >= 0.6 is 0 Å².